The van der Waals surface area contributed by atoms with E-state index in [-0.39, 0.29) is 18.6 Å². The van der Waals surface area contributed by atoms with E-state index in [1.807, 2.05) is 31.2 Å². The van der Waals surface area contributed by atoms with Gasteiger partial charge < -0.3 is 15.6 Å². The highest BCUT2D eigenvalue weighted by atomic mass is 16.5. The molecule has 5 rings (SSSR count). The second kappa shape index (κ2) is 9.32. The van der Waals surface area contributed by atoms with Crippen molar-refractivity contribution in [3.05, 3.63) is 76.9 Å². The minimum absolute atomic E-state index is 0.139. The fourth-order valence-electron chi connectivity index (χ4n) is 4.36. The summed E-state index contributed by atoms with van der Waals surface area (Å²) >= 11 is 0. The molecule has 1 aromatic carbocycles. The number of nitrogen functional groups attached to an aromatic ring is 1. The fraction of sp³-hybridized carbons (Fsp3) is 0.286. The van der Waals surface area contributed by atoms with Crippen LogP contribution in [0.4, 0.5) is 11.5 Å². The van der Waals surface area contributed by atoms with E-state index in [2.05, 4.69) is 26.9 Å². The Morgan fingerprint density at radius 3 is 2.78 bits per heavy atom. The predicted octanol–water partition coefficient (Wildman–Crippen LogP) is 3.51. The molecule has 1 aliphatic heterocycles. The molecule has 3 N–H and O–H groups in total. The zero-order valence-corrected chi connectivity index (χ0v) is 21.2. The van der Waals surface area contributed by atoms with E-state index in [0.717, 1.165) is 22.0 Å². The van der Waals surface area contributed by atoms with Crippen LogP contribution in [-0.2, 0) is 24.9 Å². The minimum atomic E-state index is -1.09. The third-order valence-electron chi connectivity index (χ3n) is 6.20. The van der Waals surface area contributed by atoms with Crippen LogP contribution in [0, 0.1) is 11.8 Å². The SMILES string of the molecule is CC1OCc2c1c(N)nc1ccc(C(=O)N(Cc3ccc(C#CC(C)(C)O)cn3)c3cnn(C)c3)cc21. The van der Waals surface area contributed by atoms with E-state index in [1.165, 1.54) is 0 Å². The van der Waals surface area contributed by atoms with Crippen molar-refractivity contribution in [2.45, 2.75) is 45.6 Å². The molecule has 9 heteroatoms. The van der Waals surface area contributed by atoms with E-state index in [1.54, 1.807) is 55.1 Å². The van der Waals surface area contributed by atoms with E-state index in [4.69, 9.17) is 10.5 Å². The van der Waals surface area contributed by atoms with Gasteiger partial charge in [-0.2, -0.15) is 5.10 Å². The van der Waals surface area contributed by atoms with Gasteiger partial charge in [0, 0.05) is 41.5 Å². The number of carbonyl (C=O) groups excluding carboxylic acids is 1. The van der Waals surface area contributed by atoms with Crippen molar-refractivity contribution in [1.82, 2.24) is 19.7 Å². The lowest BCUT2D eigenvalue weighted by Gasteiger charge is -2.21. The lowest BCUT2D eigenvalue weighted by atomic mass is 10.00. The Labute approximate surface area is 214 Å². The molecule has 0 radical (unpaired) electrons. The number of fused-ring (bicyclic) bond motifs is 3. The summed E-state index contributed by atoms with van der Waals surface area (Å²) in [7, 11) is 1.80. The Kier molecular flexibility index (Phi) is 6.15. The van der Waals surface area contributed by atoms with Crippen LogP contribution >= 0.6 is 0 Å². The highest BCUT2D eigenvalue weighted by Gasteiger charge is 2.27. The number of pyridine rings is 2. The molecule has 3 aromatic heterocycles. The highest BCUT2D eigenvalue weighted by molar-refractivity contribution is 6.08. The predicted molar refractivity (Wildman–Crippen MR) is 140 cm³/mol. The molecule has 0 saturated heterocycles. The first-order chi connectivity index (χ1) is 17.6. The van der Waals surface area contributed by atoms with Gasteiger partial charge in [-0.3, -0.25) is 19.4 Å². The molecule has 0 fully saturated rings. The molecular weight excluding hydrogens is 468 g/mol. The van der Waals surface area contributed by atoms with Crippen LogP contribution in [0.25, 0.3) is 10.9 Å². The maximum Gasteiger partial charge on any atom is 0.258 e. The topological polar surface area (TPSA) is 119 Å². The molecule has 1 aliphatic rings. The zero-order chi connectivity index (χ0) is 26.3. The molecule has 4 heterocycles. The summed E-state index contributed by atoms with van der Waals surface area (Å²) in [4.78, 5) is 24.5. The van der Waals surface area contributed by atoms with Gasteiger partial charge in [0.05, 0.1) is 42.4 Å². The molecule has 0 aliphatic carbocycles. The van der Waals surface area contributed by atoms with Crippen molar-refractivity contribution in [2.24, 2.45) is 7.05 Å². The summed E-state index contributed by atoms with van der Waals surface area (Å²) in [5.41, 5.74) is 10.2. The maximum absolute atomic E-state index is 13.8. The summed E-state index contributed by atoms with van der Waals surface area (Å²) in [5.74, 6) is 5.95. The standard InChI is InChI=1S/C28H28N6O3/c1-17-25-23(16-37-17)22-11-19(6-8-24(22)32-26(25)29)27(35)34(21-13-31-33(4)15-21)14-20-7-5-18(12-30-20)9-10-28(2,3)36/h5-8,11-13,15,17,36H,14,16H2,1-4H3,(H2,29,32). The van der Waals surface area contributed by atoms with Crippen LogP contribution in [-0.4, -0.2) is 36.4 Å². The minimum Gasteiger partial charge on any atom is -0.383 e. The van der Waals surface area contributed by atoms with Crippen LogP contribution in [0.15, 0.2) is 48.9 Å². The van der Waals surface area contributed by atoms with Gasteiger partial charge in [0.2, 0.25) is 0 Å². The van der Waals surface area contributed by atoms with E-state index in [0.29, 0.717) is 34.9 Å². The fourth-order valence-corrected chi connectivity index (χ4v) is 4.36. The summed E-state index contributed by atoms with van der Waals surface area (Å²) < 4.78 is 7.45. The van der Waals surface area contributed by atoms with Crippen LogP contribution in [0.3, 0.4) is 0 Å². The van der Waals surface area contributed by atoms with Gasteiger partial charge in [-0.25, -0.2) is 4.98 Å². The van der Waals surface area contributed by atoms with Gasteiger partial charge in [-0.05, 0) is 56.7 Å². The average molecular weight is 497 g/mol. The number of aromatic nitrogens is 4. The Hall–Kier alpha value is -4.26. The number of aryl methyl sites for hydroxylation is 1. The monoisotopic (exact) mass is 496 g/mol. The van der Waals surface area contributed by atoms with Crippen molar-refractivity contribution in [2.75, 3.05) is 10.6 Å². The van der Waals surface area contributed by atoms with Crippen molar-refractivity contribution in [1.29, 1.82) is 0 Å². The molecule has 188 valence electrons. The van der Waals surface area contributed by atoms with Crippen molar-refractivity contribution < 1.29 is 14.6 Å². The van der Waals surface area contributed by atoms with Gasteiger partial charge in [0.1, 0.15) is 11.4 Å². The maximum atomic E-state index is 13.8. The molecule has 37 heavy (non-hydrogen) atoms. The van der Waals surface area contributed by atoms with E-state index in [9.17, 15) is 9.90 Å². The third kappa shape index (κ3) is 5.03. The molecule has 9 nitrogen and oxygen atoms in total. The number of hydrogen-bond donors (Lipinski definition) is 2. The third-order valence-corrected chi connectivity index (χ3v) is 6.20. The number of amides is 1. The Morgan fingerprint density at radius 2 is 2.11 bits per heavy atom. The molecule has 0 bridgehead atoms. The zero-order valence-electron chi connectivity index (χ0n) is 21.2. The van der Waals surface area contributed by atoms with Gasteiger partial charge in [0.15, 0.2) is 0 Å². The number of ether oxygens (including phenoxy) is 1. The lowest BCUT2D eigenvalue weighted by molar-refractivity contribution is 0.0801. The molecule has 4 aromatic rings. The normalized spacial score (nSPS) is 14.8. The summed E-state index contributed by atoms with van der Waals surface area (Å²) in [6.45, 7) is 5.86. The molecule has 1 atom stereocenters. The number of nitrogens with zero attached hydrogens (tertiary/aromatic N) is 5. The average Bonchev–Trinajstić information content (AvgIpc) is 3.47. The van der Waals surface area contributed by atoms with Crippen LogP contribution in [0.2, 0.25) is 0 Å². The van der Waals surface area contributed by atoms with Gasteiger partial charge in [-0.1, -0.05) is 11.8 Å². The van der Waals surface area contributed by atoms with Crippen LogP contribution in [0.1, 0.15) is 59.6 Å². The summed E-state index contributed by atoms with van der Waals surface area (Å²) in [6.07, 6.45) is 4.94. The second-order valence-electron chi connectivity index (χ2n) is 9.69. The Bertz CT molecular complexity index is 1560. The van der Waals surface area contributed by atoms with Crippen LogP contribution < -0.4 is 10.6 Å². The molecular formula is C28H28N6O3. The van der Waals surface area contributed by atoms with E-state index >= 15 is 0 Å². The lowest BCUT2D eigenvalue weighted by Crippen LogP contribution is -2.30. The largest absolute Gasteiger partial charge is 0.383 e. The van der Waals surface area contributed by atoms with Crippen molar-refractivity contribution in [3.63, 3.8) is 0 Å². The van der Waals surface area contributed by atoms with Gasteiger partial charge >= 0.3 is 0 Å². The second-order valence-corrected chi connectivity index (χ2v) is 9.69. The smallest absolute Gasteiger partial charge is 0.258 e. The number of aliphatic hydroxyl groups is 1. The molecule has 1 amide bonds. The van der Waals surface area contributed by atoms with Crippen molar-refractivity contribution >= 4 is 28.3 Å². The number of nitrogens with two attached hydrogens (primary N) is 1. The van der Waals surface area contributed by atoms with Gasteiger partial charge in [0.25, 0.3) is 5.91 Å². The van der Waals surface area contributed by atoms with E-state index < -0.39 is 5.60 Å². The first-order valence-corrected chi connectivity index (χ1v) is 11.9. The highest BCUT2D eigenvalue weighted by Crippen LogP contribution is 2.38. The number of hydrogen-bond acceptors (Lipinski definition) is 7. The first-order valence-electron chi connectivity index (χ1n) is 11.9. The van der Waals surface area contributed by atoms with Gasteiger partial charge in [-0.15, -0.1) is 0 Å². The number of anilines is 2. The molecule has 0 saturated carbocycles. The quantitative estimate of drug-likeness (QED) is 0.415. The Balaban J connectivity index is 1.49. The number of benzene rings is 1. The Morgan fingerprint density at radius 1 is 1.30 bits per heavy atom. The number of carbonyl (C=O) groups is 1. The first kappa shape index (κ1) is 24.4. The molecule has 1 unspecified atom stereocenters. The summed E-state index contributed by atoms with van der Waals surface area (Å²) in [6, 6.07) is 9.08. The molecule has 0 spiro atoms. The number of rotatable bonds is 4. The van der Waals surface area contributed by atoms with Crippen molar-refractivity contribution in [3.8, 4) is 11.8 Å². The summed E-state index contributed by atoms with van der Waals surface area (Å²) in [5, 5.41) is 14.9. The van der Waals surface area contributed by atoms with Crippen LogP contribution in [0.5, 0.6) is 0 Å².